The summed E-state index contributed by atoms with van der Waals surface area (Å²) in [5, 5.41) is 11.4. The third-order valence-electron chi connectivity index (χ3n) is 3.53. The van der Waals surface area contributed by atoms with Crippen LogP contribution in [-0.2, 0) is 0 Å². The molecule has 0 saturated carbocycles. The van der Waals surface area contributed by atoms with E-state index in [1.165, 1.54) is 7.11 Å². The number of anilines is 2. The molecule has 0 bridgehead atoms. The summed E-state index contributed by atoms with van der Waals surface area (Å²) in [6, 6.07) is 8.44. The molecule has 2 aromatic rings. The lowest BCUT2D eigenvalue weighted by Crippen LogP contribution is -2.21. The van der Waals surface area contributed by atoms with Gasteiger partial charge in [0.05, 0.1) is 12.8 Å². The highest BCUT2D eigenvalue weighted by Crippen LogP contribution is 2.28. The molecule has 24 heavy (non-hydrogen) atoms. The maximum Gasteiger partial charge on any atom is 0.276 e. The van der Waals surface area contributed by atoms with Crippen molar-refractivity contribution < 1.29 is 9.53 Å². The molecule has 128 valence electrons. The Morgan fingerprint density at radius 1 is 1.29 bits per heavy atom. The van der Waals surface area contributed by atoms with Gasteiger partial charge < -0.3 is 15.0 Å². The minimum Gasteiger partial charge on any atom is -0.495 e. The third kappa shape index (κ3) is 4.58. The summed E-state index contributed by atoms with van der Waals surface area (Å²) in [6.07, 6.45) is 2.19. The Hall–Kier alpha value is -2.34. The number of unbranched alkanes of at least 4 members (excludes halogenated alkanes) is 1. The second-order valence-electron chi connectivity index (χ2n) is 5.35. The van der Waals surface area contributed by atoms with E-state index in [4.69, 9.17) is 16.3 Å². The fourth-order valence-electron chi connectivity index (χ4n) is 2.12. The van der Waals surface area contributed by atoms with Crippen molar-refractivity contribution in [1.29, 1.82) is 0 Å². The Morgan fingerprint density at radius 3 is 2.71 bits per heavy atom. The summed E-state index contributed by atoms with van der Waals surface area (Å²) < 4.78 is 5.21. The molecule has 2 rings (SSSR count). The van der Waals surface area contributed by atoms with Crippen LogP contribution in [0.3, 0.4) is 0 Å². The highest BCUT2D eigenvalue weighted by atomic mass is 35.5. The van der Waals surface area contributed by atoms with E-state index in [1.54, 1.807) is 30.3 Å². The molecule has 1 aromatic carbocycles. The zero-order chi connectivity index (χ0) is 17.5. The van der Waals surface area contributed by atoms with Crippen LogP contribution in [-0.4, -0.2) is 36.8 Å². The van der Waals surface area contributed by atoms with Gasteiger partial charge in [-0.3, -0.25) is 4.79 Å². The Kier molecular flexibility index (Phi) is 6.37. The average molecular weight is 349 g/mol. The van der Waals surface area contributed by atoms with Crippen LogP contribution >= 0.6 is 11.6 Å². The molecular weight excluding hydrogens is 328 g/mol. The summed E-state index contributed by atoms with van der Waals surface area (Å²) in [6.45, 7) is 3.04. The fourth-order valence-corrected chi connectivity index (χ4v) is 2.30. The molecule has 1 amide bonds. The topological polar surface area (TPSA) is 67.4 Å². The average Bonchev–Trinajstić information content (AvgIpc) is 2.60. The van der Waals surface area contributed by atoms with Gasteiger partial charge in [0.2, 0.25) is 0 Å². The van der Waals surface area contributed by atoms with E-state index in [0.717, 1.165) is 25.2 Å². The maximum atomic E-state index is 12.3. The molecule has 7 heteroatoms. The number of halogens is 1. The van der Waals surface area contributed by atoms with Crippen molar-refractivity contribution in [3.05, 3.63) is 41.0 Å². The molecule has 0 atom stereocenters. The number of rotatable bonds is 7. The van der Waals surface area contributed by atoms with Crippen LogP contribution in [0.5, 0.6) is 5.75 Å². The Balaban J connectivity index is 2.09. The van der Waals surface area contributed by atoms with Crippen LogP contribution in [0.4, 0.5) is 11.5 Å². The molecule has 0 aliphatic rings. The number of hydrogen-bond donors (Lipinski definition) is 1. The van der Waals surface area contributed by atoms with E-state index in [9.17, 15) is 4.79 Å². The van der Waals surface area contributed by atoms with Crippen LogP contribution in [0.15, 0.2) is 30.3 Å². The number of nitrogens with one attached hydrogen (secondary N) is 1. The number of aromatic nitrogens is 2. The first-order chi connectivity index (χ1) is 11.5. The minimum absolute atomic E-state index is 0.227. The van der Waals surface area contributed by atoms with Gasteiger partial charge in [0.1, 0.15) is 5.75 Å². The number of ether oxygens (including phenoxy) is 1. The fraction of sp³-hybridized carbons (Fsp3) is 0.353. The molecule has 0 radical (unpaired) electrons. The normalized spacial score (nSPS) is 10.3. The van der Waals surface area contributed by atoms with Crippen molar-refractivity contribution in [2.45, 2.75) is 19.8 Å². The van der Waals surface area contributed by atoms with Gasteiger partial charge in [-0.25, -0.2) is 0 Å². The van der Waals surface area contributed by atoms with Crippen molar-refractivity contribution in [3.63, 3.8) is 0 Å². The monoisotopic (exact) mass is 348 g/mol. The largest absolute Gasteiger partial charge is 0.495 e. The first-order valence-electron chi connectivity index (χ1n) is 7.75. The lowest BCUT2D eigenvalue weighted by molar-refractivity contribution is 0.102. The van der Waals surface area contributed by atoms with Crippen molar-refractivity contribution >= 4 is 29.0 Å². The number of carbonyl (C=O) groups excluding carboxylic acids is 1. The van der Waals surface area contributed by atoms with Gasteiger partial charge in [-0.05, 0) is 36.8 Å². The lowest BCUT2D eigenvalue weighted by Gasteiger charge is -2.17. The molecule has 0 fully saturated rings. The van der Waals surface area contributed by atoms with E-state index < -0.39 is 0 Å². The quantitative estimate of drug-likeness (QED) is 0.827. The van der Waals surface area contributed by atoms with E-state index in [2.05, 4.69) is 22.4 Å². The van der Waals surface area contributed by atoms with Crippen LogP contribution in [0, 0.1) is 0 Å². The van der Waals surface area contributed by atoms with Crippen molar-refractivity contribution in [2.75, 3.05) is 30.9 Å². The summed E-state index contributed by atoms with van der Waals surface area (Å²) in [5.74, 6) is 0.891. The first-order valence-corrected chi connectivity index (χ1v) is 8.12. The smallest absolute Gasteiger partial charge is 0.276 e. The number of amides is 1. The molecule has 1 N–H and O–H groups in total. The Bertz CT molecular complexity index is 691. The summed E-state index contributed by atoms with van der Waals surface area (Å²) in [7, 11) is 3.48. The second-order valence-corrected chi connectivity index (χ2v) is 5.79. The molecule has 0 unspecified atom stereocenters. The number of hydrogen-bond acceptors (Lipinski definition) is 5. The highest BCUT2D eigenvalue weighted by molar-refractivity contribution is 6.31. The molecule has 0 spiro atoms. The maximum absolute atomic E-state index is 12.3. The molecule has 1 heterocycles. The van der Waals surface area contributed by atoms with E-state index in [1.807, 2.05) is 11.9 Å². The van der Waals surface area contributed by atoms with Gasteiger partial charge in [0.15, 0.2) is 11.5 Å². The Morgan fingerprint density at radius 2 is 2.08 bits per heavy atom. The predicted octanol–water partition coefficient (Wildman–Crippen LogP) is 3.63. The number of methoxy groups -OCH3 is 1. The standard InChI is InChI=1S/C17H21ClN4O2/c1-4-5-10-22(2)16-9-7-13(20-21-16)17(23)19-14-11-12(18)6-8-15(14)24-3/h6-9,11H,4-5,10H2,1-3H3,(H,19,23). The van der Waals surface area contributed by atoms with Gasteiger partial charge in [0, 0.05) is 18.6 Å². The molecule has 0 aliphatic carbocycles. The lowest BCUT2D eigenvalue weighted by atomic mass is 10.2. The van der Waals surface area contributed by atoms with Gasteiger partial charge in [-0.1, -0.05) is 24.9 Å². The van der Waals surface area contributed by atoms with Crippen LogP contribution < -0.4 is 15.0 Å². The van der Waals surface area contributed by atoms with Crippen molar-refractivity contribution in [1.82, 2.24) is 10.2 Å². The summed E-state index contributed by atoms with van der Waals surface area (Å²) in [4.78, 5) is 14.3. The van der Waals surface area contributed by atoms with E-state index >= 15 is 0 Å². The first kappa shape index (κ1) is 18.0. The van der Waals surface area contributed by atoms with Crippen LogP contribution in [0.2, 0.25) is 5.02 Å². The number of carbonyl (C=O) groups is 1. The summed E-state index contributed by atoms with van der Waals surface area (Å²) in [5.41, 5.74) is 0.714. The van der Waals surface area contributed by atoms with E-state index in [-0.39, 0.29) is 11.6 Å². The van der Waals surface area contributed by atoms with Crippen molar-refractivity contribution in [2.24, 2.45) is 0 Å². The molecule has 6 nitrogen and oxygen atoms in total. The highest BCUT2D eigenvalue weighted by Gasteiger charge is 2.13. The molecule has 0 aliphatic heterocycles. The molecule has 0 saturated heterocycles. The second kappa shape index (κ2) is 8.49. The SMILES string of the molecule is CCCCN(C)c1ccc(C(=O)Nc2cc(Cl)ccc2OC)nn1. The minimum atomic E-state index is -0.370. The zero-order valence-electron chi connectivity index (χ0n) is 14.0. The number of benzene rings is 1. The molecule has 1 aromatic heterocycles. The van der Waals surface area contributed by atoms with Gasteiger partial charge in [-0.15, -0.1) is 10.2 Å². The predicted molar refractivity (Wildman–Crippen MR) is 96.2 cm³/mol. The van der Waals surface area contributed by atoms with Gasteiger partial charge >= 0.3 is 0 Å². The third-order valence-corrected chi connectivity index (χ3v) is 3.77. The van der Waals surface area contributed by atoms with E-state index in [0.29, 0.717) is 16.5 Å². The van der Waals surface area contributed by atoms with Crippen molar-refractivity contribution in [3.8, 4) is 5.75 Å². The van der Waals surface area contributed by atoms with Gasteiger partial charge in [-0.2, -0.15) is 0 Å². The van der Waals surface area contributed by atoms with Crippen LogP contribution in [0.1, 0.15) is 30.3 Å². The number of nitrogens with zero attached hydrogens (tertiary/aromatic N) is 3. The molecular formula is C17H21ClN4O2. The van der Waals surface area contributed by atoms with Gasteiger partial charge in [0.25, 0.3) is 5.91 Å². The Labute approximate surface area is 146 Å². The zero-order valence-corrected chi connectivity index (χ0v) is 14.8. The summed E-state index contributed by atoms with van der Waals surface area (Å²) >= 11 is 5.96. The van der Waals surface area contributed by atoms with Crippen LogP contribution in [0.25, 0.3) is 0 Å².